The van der Waals surface area contributed by atoms with Gasteiger partial charge in [0.2, 0.25) is 0 Å². The minimum atomic E-state index is -4.25. The van der Waals surface area contributed by atoms with Gasteiger partial charge in [0.1, 0.15) is 11.9 Å². The third kappa shape index (κ3) is 3.37. The topological polar surface area (TPSA) is 24.9 Å². The van der Waals surface area contributed by atoms with Crippen LogP contribution in [0.3, 0.4) is 0 Å². The Morgan fingerprint density at radius 1 is 1.50 bits per heavy atom. The lowest BCUT2D eigenvalue weighted by molar-refractivity contribution is -0.142. The van der Waals surface area contributed by atoms with Crippen LogP contribution >= 0.6 is 15.9 Å². The summed E-state index contributed by atoms with van der Waals surface area (Å²) in [7, 11) is 0. The molecule has 0 unspecified atom stereocenters. The number of nitrogens with one attached hydrogen (secondary N) is 1. The Hall–Kier alpha value is -0.780. The zero-order valence-corrected chi connectivity index (χ0v) is 10.5. The molecule has 1 aromatic heterocycles. The summed E-state index contributed by atoms with van der Waals surface area (Å²) in [6.07, 6.45) is -2.79. The number of aryl methyl sites for hydroxylation is 1. The molecule has 1 aromatic rings. The molecule has 6 heteroatoms. The number of alkyl halides is 3. The van der Waals surface area contributed by atoms with Crippen molar-refractivity contribution in [2.45, 2.75) is 32.5 Å². The van der Waals surface area contributed by atoms with Crippen molar-refractivity contribution in [3.8, 4) is 0 Å². The second kappa shape index (κ2) is 5.03. The molecule has 0 aliphatic carbocycles. The van der Waals surface area contributed by atoms with E-state index >= 15 is 0 Å². The molecule has 0 aliphatic heterocycles. The van der Waals surface area contributed by atoms with Crippen molar-refractivity contribution in [1.29, 1.82) is 0 Å². The van der Waals surface area contributed by atoms with E-state index in [4.69, 9.17) is 0 Å². The van der Waals surface area contributed by atoms with Crippen molar-refractivity contribution in [1.82, 2.24) is 4.98 Å². The summed E-state index contributed by atoms with van der Waals surface area (Å²) in [5, 5.41) is 2.38. The first-order valence-corrected chi connectivity index (χ1v) is 5.59. The molecule has 0 radical (unpaired) electrons. The third-order valence-electron chi connectivity index (χ3n) is 2.17. The predicted octanol–water partition coefficient (Wildman–Crippen LogP) is 3.91. The standard InChI is InChI=1S/C10H12BrF3N2/c1-3-8(10(12,13)14)16-9-4-6(2)7(11)5-15-9/h4-5,8H,3H2,1-2H3,(H,15,16)/t8-/m0/s1. The number of hydrogen-bond acceptors (Lipinski definition) is 2. The zero-order chi connectivity index (χ0) is 12.3. The molecule has 16 heavy (non-hydrogen) atoms. The van der Waals surface area contributed by atoms with Gasteiger partial charge in [0.05, 0.1) is 0 Å². The van der Waals surface area contributed by atoms with E-state index in [0.29, 0.717) is 0 Å². The molecular weight excluding hydrogens is 285 g/mol. The molecule has 0 aliphatic rings. The van der Waals surface area contributed by atoms with Gasteiger partial charge in [0.25, 0.3) is 0 Å². The van der Waals surface area contributed by atoms with Crippen LogP contribution in [0.25, 0.3) is 0 Å². The van der Waals surface area contributed by atoms with Crippen LogP contribution in [0.4, 0.5) is 19.0 Å². The highest BCUT2D eigenvalue weighted by Gasteiger charge is 2.38. The van der Waals surface area contributed by atoms with Gasteiger partial charge in [-0.2, -0.15) is 13.2 Å². The molecule has 0 aromatic carbocycles. The Bertz CT molecular complexity index is 366. The van der Waals surface area contributed by atoms with E-state index in [1.54, 1.807) is 13.0 Å². The van der Waals surface area contributed by atoms with Gasteiger partial charge in [0.15, 0.2) is 0 Å². The molecule has 0 bridgehead atoms. The van der Waals surface area contributed by atoms with Gasteiger partial charge < -0.3 is 5.32 Å². The van der Waals surface area contributed by atoms with E-state index in [2.05, 4.69) is 26.2 Å². The highest BCUT2D eigenvalue weighted by molar-refractivity contribution is 9.10. The maximum Gasteiger partial charge on any atom is 0.408 e. The SMILES string of the molecule is CC[C@H](Nc1cc(C)c(Br)cn1)C(F)(F)F. The molecule has 0 amide bonds. The van der Waals surface area contributed by atoms with Gasteiger partial charge in [-0.1, -0.05) is 6.92 Å². The minimum Gasteiger partial charge on any atom is -0.359 e. The van der Waals surface area contributed by atoms with E-state index in [1.807, 2.05) is 0 Å². The van der Waals surface area contributed by atoms with Gasteiger partial charge in [-0.15, -0.1) is 0 Å². The summed E-state index contributed by atoms with van der Waals surface area (Å²) in [6, 6.07) is 0.0268. The van der Waals surface area contributed by atoms with Gasteiger partial charge in [-0.3, -0.25) is 0 Å². The molecule has 1 rings (SSSR count). The van der Waals surface area contributed by atoms with Gasteiger partial charge in [-0.25, -0.2) is 4.98 Å². The van der Waals surface area contributed by atoms with Gasteiger partial charge >= 0.3 is 6.18 Å². The summed E-state index contributed by atoms with van der Waals surface area (Å²) < 4.78 is 38.2. The second-order valence-corrected chi connectivity index (χ2v) is 4.32. The quantitative estimate of drug-likeness (QED) is 0.915. The molecule has 0 saturated carbocycles. The lowest BCUT2D eigenvalue weighted by atomic mass is 10.2. The maximum atomic E-state index is 12.5. The number of anilines is 1. The summed E-state index contributed by atoms with van der Waals surface area (Å²) in [5.41, 5.74) is 0.842. The summed E-state index contributed by atoms with van der Waals surface area (Å²) in [4.78, 5) is 3.88. The predicted molar refractivity (Wildman–Crippen MR) is 60.4 cm³/mol. The molecule has 0 spiro atoms. The molecule has 0 fully saturated rings. The van der Waals surface area contributed by atoms with Gasteiger partial charge in [0, 0.05) is 10.7 Å². The fourth-order valence-corrected chi connectivity index (χ4v) is 1.43. The molecule has 1 heterocycles. The van der Waals surface area contributed by atoms with Crippen LogP contribution in [0.2, 0.25) is 0 Å². The first-order valence-electron chi connectivity index (χ1n) is 4.80. The Kier molecular flexibility index (Phi) is 4.18. The summed E-state index contributed by atoms with van der Waals surface area (Å²) in [5.74, 6) is 0.241. The molecule has 90 valence electrons. The molecule has 1 N–H and O–H groups in total. The molecule has 0 saturated heterocycles. The number of rotatable bonds is 3. The number of pyridine rings is 1. The Balaban J connectivity index is 2.83. The largest absolute Gasteiger partial charge is 0.408 e. The number of nitrogens with zero attached hydrogens (tertiary/aromatic N) is 1. The van der Waals surface area contributed by atoms with Crippen molar-refractivity contribution in [3.63, 3.8) is 0 Å². The number of halogens is 4. The third-order valence-corrected chi connectivity index (χ3v) is 3.00. The summed E-state index contributed by atoms with van der Waals surface area (Å²) in [6.45, 7) is 3.28. The van der Waals surface area contributed by atoms with Gasteiger partial charge in [-0.05, 0) is 40.9 Å². The summed E-state index contributed by atoms with van der Waals surface area (Å²) >= 11 is 3.24. The smallest absolute Gasteiger partial charge is 0.359 e. The average Bonchev–Trinajstić information content (AvgIpc) is 2.18. The fourth-order valence-electron chi connectivity index (χ4n) is 1.21. The van der Waals surface area contributed by atoms with Crippen molar-refractivity contribution in [3.05, 3.63) is 22.3 Å². The average molecular weight is 297 g/mol. The van der Waals surface area contributed by atoms with Crippen molar-refractivity contribution in [2.75, 3.05) is 5.32 Å². The van der Waals surface area contributed by atoms with Crippen LogP contribution in [-0.4, -0.2) is 17.2 Å². The van der Waals surface area contributed by atoms with Crippen molar-refractivity contribution in [2.24, 2.45) is 0 Å². The number of aromatic nitrogens is 1. The zero-order valence-electron chi connectivity index (χ0n) is 8.90. The van der Waals surface area contributed by atoms with Crippen LogP contribution in [0.1, 0.15) is 18.9 Å². The van der Waals surface area contributed by atoms with E-state index in [9.17, 15) is 13.2 Å². The van der Waals surface area contributed by atoms with E-state index in [0.717, 1.165) is 10.0 Å². The molecule has 2 nitrogen and oxygen atoms in total. The van der Waals surface area contributed by atoms with E-state index in [-0.39, 0.29) is 12.2 Å². The van der Waals surface area contributed by atoms with E-state index < -0.39 is 12.2 Å². The van der Waals surface area contributed by atoms with Crippen LogP contribution in [-0.2, 0) is 0 Å². The normalized spacial score (nSPS) is 13.6. The minimum absolute atomic E-state index is 0.0275. The highest BCUT2D eigenvalue weighted by Crippen LogP contribution is 2.26. The maximum absolute atomic E-state index is 12.5. The first-order chi connectivity index (χ1) is 7.34. The first kappa shape index (κ1) is 13.3. The van der Waals surface area contributed by atoms with Crippen LogP contribution in [0, 0.1) is 6.92 Å². The van der Waals surface area contributed by atoms with Crippen LogP contribution in [0.5, 0.6) is 0 Å². The second-order valence-electron chi connectivity index (χ2n) is 3.47. The highest BCUT2D eigenvalue weighted by atomic mass is 79.9. The van der Waals surface area contributed by atoms with Crippen molar-refractivity contribution >= 4 is 21.7 Å². The van der Waals surface area contributed by atoms with Crippen LogP contribution in [0.15, 0.2) is 16.7 Å². The molecular formula is C10H12BrF3N2. The Morgan fingerprint density at radius 2 is 2.12 bits per heavy atom. The lowest BCUT2D eigenvalue weighted by Crippen LogP contribution is -2.35. The van der Waals surface area contributed by atoms with Crippen LogP contribution < -0.4 is 5.32 Å². The van der Waals surface area contributed by atoms with E-state index in [1.165, 1.54) is 13.1 Å². The Morgan fingerprint density at radius 3 is 2.56 bits per heavy atom. The number of hydrogen-bond donors (Lipinski definition) is 1. The monoisotopic (exact) mass is 296 g/mol. The fraction of sp³-hybridized carbons (Fsp3) is 0.500. The Labute approximate surface area is 100 Å². The van der Waals surface area contributed by atoms with Crippen molar-refractivity contribution < 1.29 is 13.2 Å². The lowest BCUT2D eigenvalue weighted by Gasteiger charge is -2.20. The molecule has 1 atom stereocenters.